The largest absolute Gasteiger partial charge is 0.481 e. The van der Waals surface area contributed by atoms with Gasteiger partial charge in [0.05, 0.1) is 45.7 Å². The number of amides is 6. The first-order valence-electron chi connectivity index (χ1n) is 27.5. The van der Waals surface area contributed by atoms with Gasteiger partial charge in [0.2, 0.25) is 35.4 Å². The highest BCUT2D eigenvalue weighted by Crippen LogP contribution is 2.14. The van der Waals surface area contributed by atoms with E-state index < -0.39 is 90.1 Å². The molecule has 454 valence electrons. The molecule has 0 aromatic heterocycles. The van der Waals surface area contributed by atoms with Crippen molar-refractivity contribution in [3.63, 3.8) is 0 Å². The predicted octanol–water partition coefficient (Wildman–Crippen LogP) is 1.35. The van der Waals surface area contributed by atoms with Crippen molar-refractivity contribution in [2.45, 2.75) is 185 Å². The lowest BCUT2D eigenvalue weighted by molar-refractivity contribution is -0.143. The van der Waals surface area contributed by atoms with Gasteiger partial charge < -0.3 is 82.5 Å². The molecular formula is C51H91N8O19P. The molecule has 0 aromatic carbocycles. The van der Waals surface area contributed by atoms with Crippen LogP contribution in [0.5, 0.6) is 0 Å². The zero-order chi connectivity index (χ0) is 58.9. The van der Waals surface area contributed by atoms with Gasteiger partial charge in [-0.05, 0) is 51.4 Å². The highest BCUT2D eigenvalue weighted by atomic mass is 31.1. The normalized spacial score (nSPS) is 12.7. The molecule has 6 amide bonds. The molecule has 28 heteroatoms. The van der Waals surface area contributed by atoms with Crippen LogP contribution in [0, 0.1) is 0 Å². The summed E-state index contributed by atoms with van der Waals surface area (Å²) in [5.41, 5.74) is 10.8. The van der Waals surface area contributed by atoms with Crippen LogP contribution in [0.2, 0.25) is 0 Å². The number of hydrogen-bond acceptors (Lipinski definition) is 17. The van der Waals surface area contributed by atoms with E-state index in [1.165, 1.54) is 25.7 Å². The van der Waals surface area contributed by atoms with Crippen LogP contribution >= 0.6 is 8.73 Å². The molecule has 1 unspecified atom stereocenters. The van der Waals surface area contributed by atoms with Crippen molar-refractivity contribution >= 4 is 73.6 Å². The zero-order valence-corrected chi connectivity index (χ0v) is 46.8. The Hall–Kier alpha value is -5.44. The number of nitrogens with one attached hydrogen (secondary N) is 6. The number of unbranched alkanes of at least 4 members (excludes halogenated alkanes) is 14. The summed E-state index contributed by atoms with van der Waals surface area (Å²) in [7, 11) is -0.364. The molecule has 27 nitrogen and oxygen atoms in total. The lowest BCUT2D eigenvalue weighted by atomic mass is 10.0. The molecule has 0 radical (unpaired) electrons. The van der Waals surface area contributed by atoms with Crippen molar-refractivity contribution in [2.24, 2.45) is 11.2 Å². The first-order valence-corrected chi connectivity index (χ1v) is 28.6. The molecule has 0 bridgehead atoms. The first kappa shape index (κ1) is 73.6. The molecule has 0 aliphatic rings. The maximum absolute atomic E-state index is 12.5. The van der Waals surface area contributed by atoms with Crippen molar-refractivity contribution in [1.82, 2.24) is 31.9 Å². The lowest BCUT2D eigenvalue weighted by Gasteiger charge is -2.17. The SMILES string of the molecule is NPC(=O)[C@@H](N)CCCCNC(=O)CC[C@H](NC(=O)COCCOCCNC(=O)COCCOCCNC(=O)CC[C@H](NC(=O)CC[C@H](NC(=O)CCCCCCCCCCCCCCCCC(=O)O)C(=O)O)C(=O)O)C(=O)O. The molecule has 0 heterocycles. The average molecular weight is 1150 g/mol. The van der Waals surface area contributed by atoms with Gasteiger partial charge in [0.1, 0.15) is 31.3 Å². The van der Waals surface area contributed by atoms with Crippen LogP contribution in [-0.4, -0.2) is 182 Å². The summed E-state index contributed by atoms with van der Waals surface area (Å²) >= 11 is 0. The summed E-state index contributed by atoms with van der Waals surface area (Å²) in [5.74, 6) is -7.95. The number of hydrogen-bond donors (Lipinski definition) is 12. The van der Waals surface area contributed by atoms with E-state index in [0.29, 0.717) is 32.2 Å². The van der Waals surface area contributed by atoms with Gasteiger partial charge in [-0.2, -0.15) is 0 Å². The molecular weight excluding hydrogens is 1060 g/mol. The molecule has 0 aliphatic carbocycles. The third-order valence-electron chi connectivity index (χ3n) is 12.0. The standard InChI is InChI=1S/C51H91N8O19P/c52-37(51(74)79-53)17-15-16-26-54-41(60)23-21-40(50(72)73)59-46(65)36-78-34-32-76-30-28-56-45(64)35-77-33-31-75-29-27-55-42(61)24-20-38(48(68)69)58-44(63)25-22-39(49(70)71)57-43(62)18-13-11-9-7-5-3-1-2-4-6-8-10-12-14-19-47(66)67/h37-40,79H,1-36,52-53H2,(H,54,60)(H,55,61)(H,56,64)(H,57,62)(H,58,63)(H,59,65)(H,66,67)(H,68,69)(H,70,71)(H,72,73)/t37-,38-,39-,40-/m0/s1. The lowest BCUT2D eigenvalue weighted by Crippen LogP contribution is -2.44. The van der Waals surface area contributed by atoms with Gasteiger partial charge >= 0.3 is 23.9 Å². The summed E-state index contributed by atoms with van der Waals surface area (Å²) in [6.45, 7) is 0.300. The Morgan fingerprint density at radius 2 is 0.722 bits per heavy atom. The Balaban J connectivity index is 4.00. The number of aliphatic carboxylic acids is 4. The summed E-state index contributed by atoms with van der Waals surface area (Å²) in [6.07, 6.45) is 15.0. The Kier molecular flexibility index (Phi) is 46.2. The van der Waals surface area contributed by atoms with Crippen molar-refractivity contribution < 1.29 is 92.1 Å². The molecule has 0 rings (SSSR count). The fraction of sp³-hybridized carbons (Fsp3) is 0.784. The summed E-state index contributed by atoms with van der Waals surface area (Å²) in [4.78, 5) is 131. The second-order valence-corrected chi connectivity index (χ2v) is 19.6. The Bertz CT molecular complexity index is 1800. The Morgan fingerprint density at radius 1 is 0.367 bits per heavy atom. The first-order chi connectivity index (χ1) is 37.9. The van der Waals surface area contributed by atoms with Crippen LogP contribution in [0.4, 0.5) is 0 Å². The maximum Gasteiger partial charge on any atom is 0.326 e. The molecule has 79 heavy (non-hydrogen) atoms. The number of carbonyl (C=O) groups is 11. The Morgan fingerprint density at radius 3 is 1.15 bits per heavy atom. The van der Waals surface area contributed by atoms with Gasteiger partial charge in [-0.3, -0.25) is 38.4 Å². The van der Waals surface area contributed by atoms with Gasteiger partial charge in [0, 0.05) is 60.5 Å². The van der Waals surface area contributed by atoms with E-state index in [1.807, 2.05) is 0 Å². The smallest absolute Gasteiger partial charge is 0.326 e. The van der Waals surface area contributed by atoms with Crippen molar-refractivity contribution in [3.05, 3.63) is 0 Å². The molecule has 0 aliphatic heterocycles. The quantitative estimate of drug-likeness (QED) is 0.0302. The van der Waals surface area contributed by atoms with Crippen molar-refractivity contribution in [3.8, 4) is 0 Å². The topological polar surface area (TPSA) is 430 Å². The Labute approximate surface area is 464 Å². The minimum Gasteiger partial charge on any atom is -0.481 e. The van der Waals surface area contributed by atoms with Crippen LogP contribution in [0.15, 0.2) is 0 Å². The number of carboxylic acids is 4. The van der Waals surface area contributed by atoms with Crippen LogP contribution in [0.25, 0.3) is 0 Å². The van der Waals surface area contributed by atoms with E-state index in [4.69, 9.17) is 35.3 Å². The predicted molar refractivity (Wildman–Crippen MR) is 290 cm³/mol. The van der Waals surface area contributed by atoms with Gasteiger partial charge in [-0.15, -0.1) is 0 Å². The number of carboxylic acid groups (broad SMARTS) is 4. The van der Waals surface area contributed by atoms with Crippen LogP contribution < -0.4 is 43.1 Å². The average Bonchev–Trinajstić information content (AvgIpc) is 3.40. The molecule has 0 fully saturated rings. The number of carbonyl (C=O) groups excluding carboxylic acids is 7. The van der Waals surface area contributed by atoms with Gasteiger partial charge in [0.25, 0.3) is 0 Å². The minimum absolute atomic E-state index is 0.00313. The highest BCUT2D eigenvalue weighted by Gasteiger charge is 2.25. The van der Waals surface area contributed by atoms with E-state index in [1.54, 1.807) is 0 Å². The van der Waals surface area contributed by atoms with Crippen LogP contribution in [-0.2, 0) is 71.7 Å². The van der Waals surface area contributed by atoms with Gasteiger partial charge in [-0.25, -0.2) is 14.4 Å². The summed E-state index contributed by atoms with van der Waals surface area (Å²) < 4.78 is 21.2. The van der Waals surface area contributed by atoms with E-state index in [2.05, 4.69) is 31.9 Å². The highest BCUT2D eigenvalue weighted by molar-refractivity contribution is 7.55. The third-order valence-corrected chi connectivity index (χ3v) is 12.7. The molecule has 14 N–H and O–H groups in total. The second kappa shape index (κ2) is 49.6. The number of nitrogens with two attached hydrogens (primary N) is 2. The fourth-order valence-corrected chi connectivity index (χ4v) is 7.89. The third kappa shape index (κ3) is 46.1. The van der Waals surface area contributed by atoms with Gasteiger partial charge in [-0.1, -0.05) is 77.0 Å². The van der Waals surface area contributed by atoms with Crippen LogP contribution in [0.1, 0.15) is 161 Å². The summed E-state index contributed by atoms with van der Waals surface area (Å²) in [6, 6.07) is -4.69. The van der Waals surface area contributed by atoms with E-state index in [9.17, 15) is 68.1 Å². The fourth-order valence-electron chi connectivity index (χ4n) is 7.53. The molecule has 5 atom stereocenters. The number of ether oxygens (including phenoxy) is 4. The molecule has 0 saturated carbocycles. The van der Waals surface area contributed by atoms with E-state index in [0.717, 1.165) is 57.8 Å². The van der Waals surface area contributed by atoms with Crippen molar-refractivity contribution in [2.75, 3.05) is 72.5 Å². The molecule has 0 spiro atoms. The second-order valence-electron chi connectivity index (χ2n) is 18.8. The molecule has 0 saturated heterocycles. The van der Waals surface area contributed by atoms with Gasteiger partial charge in [0.15, 0.2) is 5.52 Å². The van der Waals surface area contributed by atoms with E-state index in [-0.39, 0.29) is 125 Å². The molecule has 0 aromatic rings. The maximum atomic E-state index is 12.5. The summed E-state index contributed by atoms with van der Waals surface area (Å²) in [5, 5.41) is 52.1. The minimum atomic E-state index is -1.41. The van der Waals surface area contributed by atoms with E-state index >= 15 is 0 Å². The zero-order valence-electron chi connectivity index (χ0n) is 45.8. The monoisotopic (exact) mass is 1150 g/mol. The number of rotatable bonds is 55. The van der Waals surface area contributed by atoms with Crippen molar-refractivity contribution in [1.29, 1.82) is 0 Å². The van der Waals surface area contributed by atoms with Crippen LogP contribution in [0.3, 0.4) is 0 Å².